The summed E-state index contributed by atoms with van der Waals surface area (Å²) in [6.45, 7) is 4.63. The van der Waals surface area contributed by atoms with Crippen LogP contribution in [-0.2, 0) is 4.79 Å². The van der Waals surface area contributed by atoms with E-state index < -0.39 is 0 Å². The molecule has 2 aliphatic heterocycles. The summed E-state index contributed by atoms with van der Waals surface area (Å²) in [5.74, 6) is 2.65. The molecule has 1 amide bonds. The molecule has 0 aliphatic carbocycles. The van der Waals surface area contributed by atoms with Gasteiger partial charge in [-0.25, -0.2) is 9.97 Å². The van der Waals surface area contributed by atoms with Gasteiger partial charge in [0, 0.05) is 49.9 Å². The van der Waals surface area contributed by atoms with Crippen molar-refractivity contribution in [3.05, 3.63) is 54.2 Å². The van der Waals surface area contributed by atoms with Gasteiger partial charge in [0.05, 0.1) is 0 Å². The largest absolute Gasteiger partial charge is 0.356 e. The molecule has 0 spiro atoms. The fourth-order valence-electron chi connectivity index (χ4n) is 4.30. The number of aryl methyl sites for hydroxylation is 1. The molecule has 0 N–H and O–H groups in total. The Bertz CT molecular complexity index is 856. The summed E-state index contributed by atoms with van der Waals surface area (Å²) in [5.41, 5.74) is 2.03. The van der Waals surface area contributed by atoms with Crippen LogP contribution in [0.15, 0.2) is 48.6 Å². The third-order valence-corrected chi connectivity index (χ3v) is 5.93. The van der Waals surface area contributed by atoms with Crippen LogP contribution in [0.25, 0.3) is 11.4 Å². The highest BCUT2D eigenvalue weighted by Gasteiger charge is 2.33. The van der Waals surface area contributed by atoms with Gasteiger partial charge in [0.15, 0.2) is 5.82 Å². The zero-order valence-electron chi connectivity index (χ0n) is 16.7. The Balaban J connectivity index is 1.47. The molecule has 0 bridgehead atoms. The molecule has 2 aromatic rings. The summed E-state index contributed by atoms with van der Waals surface area (Å²) in [4.78, 5) is 26.4. The number of rotatable bonds is 3. The van der Waals surface area contributed by atoms with E-state index in [0.717, 1.165) is 61.8 Å². The summed E-state index contributed by atoms with van der Waals surface area (Å²) in [6, 6.07) is 12.2. The highest BCUT2D eigenvalue weighted by Crippen LogP contribution is 2.32. The first-order valence-electron chi connectivity index (χ1n) is 10.2. The number of hydrogen-bond donors (Lipinski definition) is 0. The van der Waals surface area contributed by atoms with Gasteiger partial charge >= 0.3 is 0 Å². The standard InChI is InChI=1S/C23H28N4O/c1-17-16-21(25-22(24-17)19-8-4-3-5-9-19)27-14-11-18(12-15-27)20-10-6-7-13-26(2)23(20)28/h3-9,16,18,20H,10-15H2,1-2H3/t20-/m1/s1. The van der Waals surface area contributed by atoms with Gasteiger partial charge < -0.3 is 9.80 Å². The van der Waals surface area contributed by atoms with Gasteiger partial charge in [0.25, 0.3) is 0 Å². The van der Waals surface area contributed by atoms with Crippen LogP contribution in [0.3, 0.4) is 0 Å². The van der Waals surface area contributed by atoms with Gasteiger partial charge in [-0.1, -0.05) is 42.5 Å². The molecule has 0 saturated carbocycles. The molecule has 146 valence electrons. The normalized spacial score (nSPS) is 21.1. The first-order valence-corrected chi connectivity index (χ1v) is 10.2. The van der Waals surface area contributed by atoms with Crippen LogP contribution in [0, 0.1) is 18.8 Å². The predicted octanol–water partition coefficient (Wildman–Crippen LogP) is 3.70. The SMILES string of the molecule is Cc1cc(N2CCC([C@H]3CC=CCN(C)C3=O)CC2)nc(-c2ccccc2)n1. The fourth-order valence-corrected chi connectivity index (χ4v) is 4.30. The second kappa shape index (κ2) is 8.13. The average Bonchev–Trinajstić information content (AvgIpc) is 2.89. The number of carbonyl (C=O) groups is 1. The topological polar surface area (TPSA) is 49.3 Å². The van der Waals surface area contributed by atoms with E-state index in [1.54, 1.807) is 0 Å². The minimum Gasteiger partial charge on any atom is -0.356 e. The minimum absolute atomic E-state index is 0.123. The number of benzene rings is 1. The number of allylic oxidation sites excluding steroid dienone is 1. The van der Waals surface area contributed by atoms with E-state index >= 15 is 0 Å². The number of likely N-dealkylation sites (N-methyl/N-ethyl adjacent to an activating group) is 1. The summed E-state index contributed by atoms with van der Waals surface area (Å²) in [5, 5.41) is 0. The number of aromatic nitrogens is 2. The molecule has 1 aromatic carbocycles. The molecule has 4 rings (SSSR count). The summed E-state index contributed by atoms with van der Waals surface area (Å²) >= 11 is 0. The van der Waals surface area contributed by atoms with E-state index in [1.165, 1.54) is 0 Å². The fraction of sp³-hybridized carbons (Fsp3) is 0.435. The van der Waals surface area contributed by atoms with E-state index in [9.17, 15) is 4.79 Å². The molecule has 1 atom stereocenters. The van der Waals surface area contributed by atoms with Crippen LogP contribution in [0.4, 0.5) is 5.82 Å². The lowest BCUT2D eigenvalue weighted by Gasteiger charge is -2.36. The van der Waals surface area contributed by atoms with Crippen molar-refractivity contribution in [1.82, 2.24) is 14.9 Å². The van der Waals surface area contributed by atoms with Gasteiger partial charge in [0.1, 0.15) is 5.82 Å². The Labute approximate surface area is 167 Å². The molecule has 0 radical (unpaired) electrons. The molecule has 5 nitrogen and oxygen atoms in total. The predicted molar refractivity (Wildman–Crippen MR) is 112 cm³/mol. The van der Waals surface area contributed by atoms with Crippen molar-refractivity contribution < 1.29 is 4.79 Å². The molecule has 2 aliphatic rings. The molecule has 1 aromatic heterocycles. The highest BCUT2D eigenvalue weighted by atomic mass is 16.2. The smallest absolute Gasteiger partial charge is 0.226 e. The third kappa shape index (κ3) is 3.93. The molecule has 1 saturated heterocycles. The van der Waals surface area contributed by atoms with Crippen molar-refractivity contribution in [2.75, 3.05) is 31.6 Å². The average molecular weight is 377 g/mol. The summed E-state index contributed by atoms with van der Waals surface area (Å²) in [7, 11) is 1.91. The molecule has 0 unspecified atom stereocenters. The van der Waals surface area contributed by atoms with Gasteiger partial charge in [0.2, 0.25) is 5.91 Å². The maximum absolute atomic E-state index is 12.7. The van der Waals surface area contributed by atoms with Crippen LogP contribution < -0.4 is 4.90 Å². The zero-order chi connectivity index (χ0) is 19.5. The number of hydrogen-bond acceptors (Lipinski definition) is 4. The van der Waals surface area contributed by atoms with Gasteiger partial charge in [-0.05, 0) is 32.1 Å². The molecule has 28 heavy (non-hydrogen) atoms. The highest BCUT2D eigenvalue weighted by molar-refractivity contribution is 5.79. The Morgan fingerprint density at radius 1 is 1.04 bits per heavy atom. The first-order chi connectivity index (χ1) is 13.6. The molecular weight excluding hydrogens is 348 g/mol. The Morgan fingerprint density at radius 2 is 1.79 bits per heavy atom. The molecule has 5 heteroatoms. The number of anilines is 1. The van der Waals surface area contributed by atoms with E-state index in [4.69, 9.17) is 4.98 Å². The Morgan fingerprint density at radius 3 is 2.54 bits per heavy atom. The Hall–Kier alpha value is -2.69. The number of piperidine rings is 1. The van der Waals surface area contributed by atoms with Crippen molar-refractivity contribution >= 4 is 11.7 Å². The van der Waals surface area contributed by atoms with Crippen LogP contribution in [0.2, 0.25) is 0 Å². The Kier molecular flexibility index (Phi) is 5.42. The number of nitrogens with zero attached hydrogens (tertiary/aromatic N) is 4. The van der Waals surface area contributed by atoms with Crippen LogP contribution in [-0.4, -0.2) is 47.5 Å². The lowest BCUT2D eigenvalue weighted by atomic mass is 9.81. The van der Waals surface area contributed by atoms with E-state index in [0.29, 0.717) is 11.8 Å². The third-order valence-electron chi connectivity index (χ3n) is 5.93. The minimum atomic E-state index is 0.123. The van der Waals surface area contributed by atoms with Crippen molar-refractivity contribution in [3.8, 4) is 11.4 Å². The number of carbonyl (C=O) groups excluding carboxylic acids is 1. The van der Waals surface area contributed by atoms with Crippen LogP contribution >= 0.6 is 0 Å². The number of amides is 1. The zero-order valence-corrected chi connectivity index (χ0v) is 16.7. The van der Waals surface area contributed by atoms with E-state index in [1.807, 2.05) is 49.2 Å². The van der Waals surface area contributed by atoms with E-state index in [-0.39, 0.29) is 5.92 Å². The van der Waals surface area contributed by atoms with Crippen molar-refractivity contribution in [2.45, 2.75) is 26.2 Å². The molecular formula is C23H28N4O. The van der Waals surface area contributed by atoms with Gasteiger partial charge in [-0.15, -0.1) is 0 Å². The van der Waals surface area contributed by atoms with Gasteiger partial charge in [-0.3, -0.25) is 4.79 Å². The van der Waals surface area contributed by atoms with Crippen molar-refractivity contribution in [1.29, 1.82) is 0 Å². The van der Waals surface area contributed by atoms with Gasteiger partial charge in [-0.2, -0.15) is 0 Å². The maximum Gasteiger partial charge on any atom is 0.226 e. The lowest BCUT2D eigenvalue weighted by molar-refractivity contribution is -0.135. The lowest BCUT2D eigenvalue weighted by Crippen LogP contribution is -2.41. The first kappa shape index (κ1) is 18.7. The molecule has 3 heterocycles. The monoisotopic (exact) mass is 376 g/mol. The van der Waals surface area contributed by atoms with Crippen LogP contribution in [0.5, 0.6) is 0 Å². The summed E-state index contributed by atoms with van der Waals surface area (Å²) < 4.78 is 0. The second-order valence-corrected chi connectivity index (χ2v) is 7.91. The van der Waals surface area contributed by atoms with Crippen LogP contribution in [0.1, 0.15) is 25.0 Å². The second-order valence-electron chi connectivity index (χ2n) is 7.91. The van der Waals surface area contributed by atoms with E-state index in [2.05, 4.69) is 28.1 Å². The van der Waals surface area contributed by atoms with Crippen molar-refractivity contribution in [2.24, 2.45) is 11.8 Å². The summed E-state index contributed by atoms with van der Waals surface area (Å²) in [6.07, 6.45) is 7.22. The quantitative estimate of drug-likeness (QED) is 0.767. The maximum atomic E-state index is 12.7. The van der Waals surface area contributed by atoms with Crippen molar-refractivity contribution in [3.63, 3.8) is 0 Å². The molecule has 1 fully saturated rings.